The van der Waals surface area contributed by atoms with Gasteiger partial charge in [0.05, 0.1) is 18.8 Å². The summed E-state index contributed by atoms with van der Waals surface area (Å²) in [4.78, 5) is 19.4. The van der Waals surface area contributed by atoms with Gasteiger partial charge in [-0.1, -0.05) is 29.8 Å². The van der Waals surface area contributed by atoms with E-state index >= 15 is 0 Å². The lowest BCUT2D eigenvalue weighted by Crippen LogP contribution is -2.47. The summed E-state index contributed by atoms with van der Waals surface area (Å²) < 4.78 is 11.5. The molecular weight excluding hydrogens is 384 g/mol. The van der Waals surface area contributed by atoms with E-state index in [1.54, 1.807) is 12.3 Å². The molecule has 27 heavy (non-hydrogen) atoms. The van der Waals surface area contributed by atoms with E-state index in [-0.39, 0.29) is 5.91 Å². The highest BCUT2D eigenvalue weighted by Crippen LogP contribution is 2.33. The van der Waals surface area contributed by atoms with E-state index in [0.29, 0.717) is 50.5 Å². The van der Waals surface area contributed by atoms with Crippen LogP contribution in [0.4, 0.5) is 0 Å². The normalized spacial score (nSPS) is 18.8. The van der Waals surface area contributed by atoms with E-state index in [1.807, 2.05) is 35.2 Å². The Labute approximate surface area is 168 Å². The molecule has 2 aliphatic heterocycles. The van der Waals surface area contributed by atoms with Crippen LogP contribution in [0.5, 0.6) is 0 Å². The molecule has 0 saturated carbocycles. The van der Waals surface area contributed by atoms with Crippen molar-refractivity contribution in [1.82, 2.24) is 9.88 Å². The molecule has 0 unspecified atom stereocenters. The van der Waals surface area contributed by atoms with Crippen LogP contribution in [0.1, 0.15) is 28.8 Å². The lowest BCUT2D eigenvalue weighted by atomic mass is 10.0. The third kappa shape index (κ3) is 4.14. The molecule has 0 aliphatic carbocycles. The maximum atomic E-state index is 13.1. The van der Waals surface area contributed by atoms with Gasteiger partial charge in [0, 0.05) is 42.9 Å². The Hall–Kier alpha value is -1.60. The molecule has 2 aromatic rings. The van der Waals surface area contributed by atoms with Crippen molar-refractivity contribution in [3.8, 4) is 0 Å². The van der Waals surface area contributed by atoms with Crippen molar-refractivity contribution in [3.63, 3.8) is 0 Å². The first-order valence-corrected chi connectivity index (χ1v) is 10.4. The summed E-state index contributed by atoms with van der Waals surface area (Å²) in [6.45, 7) is 2.53. The molecule has 2 fully saturated rings. The number of hydrogen-bond donors (Lipinski definition) is 0. The number of benzene rings is 1. The zero-order chi connectivity index (χ0) is 18.7. The SMILES string of the molecule is O=C(c1cccnc1SCc1ccccc1Cl)N1CCC2(CC1)OCCO2. The fourth-order valence-corrected chi connectivity index (χ4v) is 4.71. The van der Waals surface area contributed by atoms with Crippen LogP contribution in [-0.2, 0) is 15.2 Å². The quantitative estimate of drug-likeness (QED) is 0.721. The van der Waals surface area contributed by atoms with Crippen LogP contribution in [0.2, 0.25) is 5.02 Å². The summed E-state index contributed by atoms with van der Waals surface area (Å²) in [7, 11) is 0. The number of nitrogens with zero attached hydrogens (tertiary/aromatic N) is 2. The molecule has 2 aliphatic rings. The minimum Gasteiger partial charge on any atom is -0.347 e. The minimum absolute atomic E-state index is 0.0117. The predicted octanol–water partition coefficient (Wildman–Crippen LogP) is 4.01. The molecule has 3 heterocycles. The average Bonchev–Trinajstić information content (AvgIpc) is 3.16. The highest BCUT2D eigenvalue weighted by molar-refractivity contribution is 7.98. The Morgan fingerprint density at radius 2 is 1.89 bits per heavy atom. The van der Waals surface area contributed by atoms with Gasteiger partial charge < -0.3 is 14.4 Å². The first-order chi connectivity index (χ1) is 13.2. The van der Waals surface area contributed by atoms with Gasteiger partial charge in [-0.2, -0.15) is 0 Å². The van der Waals surface area contributed by atoms with Gasteiger partial charge in [-0.05, 0) is 23.8 Å². The molecule has 0 atom stereocenters. The maximum Gasteiger partial charge on any atom is 0.256 e. The lowest BCUT2D eigenvalue weighted by Gasteiger charge is -2.37. The van der Waals surface area contributed by atoms with Crippen molar-refractivity contribution in [3.05, 3.63) is 58.7 Å². The van der Waals surface area contributed by atoms with Gasteiger partial charge in [-0.15, -0.1) is 11.8 Å². The van der Waals surface area contributed by atoms with Crippen molar-refractivity contribution in [2.75, 3.05) is 26.3 Å². The zero-order valence-corrected chi connectivity index (χ0v) is 16.5. The summed E-state index contributed by atoms with van der Waals surface area (Å²) in [5.74, 6) is 0.201. The second-order valence-corrected chi connectivity index (χ2v) is 8.01. The average molecular weight is 405 g/mol. The summed E-state index contributed by atoms with van der Waals surface area (Å²) in [6, 6.07) is 11.4. The van der Waals surface area contributed by atoms with Gasteiger partial charge in [-0.3, -0.25) is 4.79 Å². The first kappa shape index (κ1) is 18.7. The van der Waals surface area contributed by atoms with E-state index in [0.717, 1.165) is 15.6 Å². The standard InChI is InChI=1S/C20H21ClN2O3S/c21-17-6-2-1-4-15(17)14-27-18-16(5-3-9-22-18)19(24)23-10-7-20(8-11-23)25-12-13-26-20/h1-6,9H,7-8,10-14H2. The Kier molecular flexibility index (Phi) is 5.68. The number of ether oxygens (including phenoxy) is 2. The van der Waals surface area contributed by atoms with Crippen LogP contribution in [-0.4, -0.2) is 47.9 Å². The van der Waals surface area contributed by atoms with E-state index in [2.05, 4.69) is 4.98 Å². The molecule has 2 saturated heterocycles. The number of carbonyl (C=O) groups excluding carboxylic acids is 1. The number of hydrogen-bond acceptors (Lipinski definition) is 5. The lowest BCUT2D eigenvalue weighted by molar-refractivity contribution is -0.181. The van der Waals surface area contributed by atoms with Crippen LogP contribution in [0.15, 0.2) is 47.6 Å². The Bertz CT molecular complexity index is 816. The van der Waals surface area contributed by atoms with E-state index in [1.165, 1.54) is 11.8 Å². The molecule has 1 spiro atoms. The fourth-order valence-electron chi connectivity index (χ4n) is 3.44. The number of pyridine rings is 1. The van der Waals surface area contributed by atoms with E-state index in [4.69, 9.17) is 21.1 Å². The molecule has 142 valence electrons. The van der Waals surface area contributed by atoms with Crippen molar-refractivity contribution < 1.29 is 14.3 Å². The third-order valence-electron chi connectivity index (χ3n) is 4.95. The molecule has 7 heteroatoms. The maximum absolute atomic E-state index is 13.1. The summed E-state index contributed by atoms with van der Waals surface area (Å²) >= 11 is 7.77. The largest absolute Gasteiger partial charge is 0.347 e. The zero-order valence-electron chi connectivity index (χ0n) is 14.9. The number of carbonyl (C=O) groups is 1. The van der Waals surface area contributed by atoms with Gasteiger partial charge in [0.2, 0.25) is 0 Å². The molecule has 1 aromatic heterocycles. The second kappa shape index (κ2) is 8.19. The number of thioether (sulfide) groups is 1. The van der Waals surface area contributed by atoms with E-state index in [9.17, 15) is 4.79 Å². The molecular formula is C20H21ClN2O3S. The topological polar surface area (TPSA) is 51.7 Å². The van der Waals surface area contributed by atoms with Gasteiger partial charge in [0.15, 0.2) is 5.79 Å². The highest BCUT2D eigenvalue weighted by Gasteiger charge is 2.41. The molecule has 1 amide bonds. The van der Waals surface area contributed by atoms with Crippen LogP contribution >= 0.6 is 23.4 Å². The molecule has 5 nitrogen and oxygen atoms in total. The minimum atomic E-state index is -0.479. The van der Waals surface area contributed by atoms with Gasteiger partial charge >= 0.3 is 0 Å². The fraction of sp³-hybridized carbons (Fsp3) is 0.400. The van der Waals surface area contributed by atoms with E-state index < -0.39 is 5.79 Å². The molecule has 4 rings (SSSR count). The molecule has 0 radical (unpaired) electrons. The molecule has 0 bridgehead atoms. The van der Waals surface area contributed by atoms with Gasteiger partial charge in [0.1, 0.15) is 5.03 Å². The summed E-state index contributed by atoms with van der Waals surface area (Å²) in [5, 5.41) is 1.46. The van der Waals surface area contributed by atoms with Gasteiger partial charge in [0.25, 0.3) is 5.91 Å². The molecule has 1 aromatic carbocycles. The van der Waals surface area contributed by atoms with Crippen molar-refractivity contribution in [1.29, 1.82) is 0 Å². The van der Waals surface area contributed by atoms with Crippen LogP contribution in [0.3, 0.4) is 0 Å². The van der Waals surface area contributed by atoms with Crippen LogP contribution < -0.4 is 0 Å². The van der Waals surface area contributed by atoms with Crippen LogP contribution in [0, 0.1) is 0 Å². The van der Waals surface area contributed by atoms with Crippen molar-refractivity contribution in [2.45, 2.75) is 29.4 Å². The smallest absolute Gasteiger partial charge is 0.256 e. The predicted molar refractivity (Wildman–Crippen MR) is 105 cm³/mol. The second-order valence-electron chi connectivity index (χ2n) is 6.64. The third-order valence-corrected chi connectivity index (χ3v) is 6.37. The molecule has 0 N–H and O–H groups in total. The summed E-state index contributed by atoms with van der Waals surface area (Å²) in [5.41, 5.74) is 1.67. The number of aromatic nitrogens is 1. The Balaban J connectivity index is 1.44. The number of amides is 1. The number of rotatable bonds is 4. The van der Waals surface area contributed by atoms with Crippen molar-refractivity contribution in [2.24, 2.45) is 0 Å². The van der Waals surface area contributed by atoms with Crippen molar-refractivity contribution >= 4 is 29.3 Å². The number of likely N-dealkylation sites (tertiary alicyclic amines) is 1. The van der Waals surface area contributed by atoms with Crippen LogP contribution in [0.25, 0.3) is 0 Å². The summed E-state index contributed by atoms with van der Waals surface area (Å²) in [6.07, 6.45) is 3.14. The highest BCUT2D eigenvalue weighted by atomic mass is 35.5. The monoisotopic (exact) mass is 404 g/mol. The first-order valence-electron chi connectivity index (χ1n) is 9.05. The number of piperidine rings is 1. The Morgan fingerprint density at radius 3 is 2.63 bits per heavy atom. The van der Waals surface area contributed by atoms with Gasteiger partial charge in [-0.25, -0.2) is 4.98 Å². The number of halogens is 1. The Morgan fingerprint density at radius 1 is 1.15 bits per heavy atom.